The fraction of sp³-hybridized carbons (Fsp3) is 0.579. The SMILES string of the molecule is CC[C@H](C(=O)N1[C@H](C(=O)O)COC12CCN(C)CC2)c1ccccc1. The van der Waals surface area contributed by atoms with Gasteiger partial charge in [-0.25, -0.2) is 4.79 Å². The summed E-state index contributed by atoms with van der Waals surface area (Å²) in [5.74, 6) is -1.48. The molecule has 136 valence electrons. The highest BCUT2D eigenvalue weighted by Gasteiger charge is 2.54. The fourth-order valence-corrected chi connectivity index (χ4v) is 3.96. The van der Waals surface area contributed by atoms with Crippen LogP contribution in [0.1, 0.15) is 37.7 Å². The first-order valence-electron chi connectivity index (χ1n) is 8.92. The molecule has 1 amide bonds. The number of carboxylic acids is 1. The first-order valence-corrected chi connectivity index (χ1v) is 8.92. The summed E-state index contributed by atoms with van der Waals surface area (Å²) in [7, 11) is 2.03. The summed E-state index contributed by atoms with van der Waals surface area (Å²) >= 11 is 0. The molecule has 6 heteroatoms. The van der Waals surface area contributed by atoms with Crippen molar-refractivity contribution in [3.05, 3.63) is 35.9 Å². The van der Waals surface area contributed by atoms with Crippen LogP contribution in [-0.4, -0.2) is 65.3 Å². The molecular formula is C19H26N2O4. The number of likely N-dealkylation sites (tertiary alicyclic amines) is 1. The quantitative estimate of drug-likeness (QED) is 0.902. The van der Waals surface area contributed by atoms with E-state index in [9.17, 15) is 14.7 Å². The molecule has 0 aromatic heterocycles. The second-order valence-corrected chi connectivity index (χ2v) is 6.99. The smallest absolute Gasteiger partial charge is 0.328 e. The molecule has 1 N–H and O–H groups in total. The van der Waals surface area contributed by atoms with E-state index in [-0.39, 0.29) is 18.4 Å². The average Bonchev–Trinajstić information content (AvgIpc) is 2.98. The minimum absolute atomic E-state index is 0.0655. The molecule has 0 radical (unpaired) electrons. The molecule has 1 aromatic rings. The number of hydrogen-bond donors (Lipinski definition) is 1. The van der Waals surface area contributed by atoms with Crippen LogP contribution in [0.4, 0.5) is 0 Å². The maximum Gasteiger partial charge on any atom is 0.328 e. The summed E-state index contributed by atoms with van der Waals surface area (Å²) in [5.41, 5.74) is 0.142. The van der Waals surface area contributed by atoms with Gasteiger partial charge in [-0.3, -0.25) is 9.69 Å². The van der Waals surface area contributed by atoms with Crippen LogP contribution >= 0.6 is 0 Å². The van der Waals surface area contributed by atoms with E-state index >= 15 is 0 Å². The minimum atomic E-state index is -0.993. The van der Waals surface area contributed by atoms with Gasteiger partial charge in [-0.15, -0.1) is 0 Å². The molecule has 0 unspecified atom stereocenters. The Morgan fingerprint density at radius 1 is 1.28 bits per heavy atom. The molecule has 25 heavy (non-hydrogen) atoms. The highest BCUT2D eigenvalue weighted by molar-refractivity contribution is 5.89. The van der Waals surface area contributed by atoms with Crippen LogP contribution in [0.2, 0.25) is 0 Å². The molecule has 0 bridgehead atoms. The third-order valence-corrected chi connectivity index (χ3v) is 5.46. The second-order valence-electron chi connectivity index (χ2n) is 6.99. The minimum Gasteiger partial charge on any atom is -0.480 e. The molecule has 2 atom stereocenters. The molecule has 1 spiro atoms. The van der Waals surface area contributed by atoms with Gasteiger partial charge in [-0.2, -0.15) is 0 Å². The van der Waals surface area contributed by atoms with Crippen molar-refractivity contribution in [3.63, 3.8) is 0 Å². The third-order valence-electron chi connectivity index (χ3n) is 5.46. The second kappa shape index (κ2) is 7.14. The van der Waals surface area contributed by atoms with Gasteiger partial charge in [0.25, 0.3) is 0 Å². The van der Waals surface area contributed by atoms with Gasteiger partial charge in [-0.1, -0.05) is 37.3 Å². The predicted molar refractivity (Wildman–Crippen MR) is 93.2 cm³/mol. The Kier molecular flexibility index (Phi) is 5.11. The number of carboxylic acid groups (broad SMARTS) is 1. The summed E-state index contributed by atoms with van der Waals surface area (Å²) < 4.78 is 5.97. The molecule has 2 saturated heterocycles. The average molecular weight is 346 g/mol. The van der Waals surface area contributed by atoms with E-state index in [4.69, 9.17) is 4.74 Å². The number of rotatable bonds is 4. The van der Waals surface area contributed by atoms with Crippen molar-refractivity contribution in [2.24, 2.45) is 0 Å². The number of nitrogens with zero attached hydrogens (tertiary/aromatic N) is 2. The number of carbonyl (C=O) groups excluding carboxylic acids is 1. The van der Waals surface area contributed by atoms with Gasteiger partial charge >= 0.3 is 5.97 Å². The molecule has 2 aliphatic rings. The Bertz CT molecular complexity index is 626. The van der Waals surface area contributed by atoms with Gasteiger partial charge in [0, 0.05) is 25.9 Å². The normalized spacial score (nSPS) is 24.4. The van der Waals surface area contributed by atoms with E-state index in [0.29, 0.717) is 19.3 Å². The number of hydrogen-bond acceptors (Lipinski definition) is 4. The van der Waals surface area contributed by atoms with Gasteiger partial charge in [-0.05, 0) is 19.0 Å². The first kappa shape index (κ1) is 17.9. The highest BCUT2D eigenvalue weighted by atomic mass is 16.5. The molecule has 0 aliphatic carbocycles. The molecule has 0 saturated carbocycles. The van der Waals surface area contributed by atoms with Gasteiger partial charge in [0.2, 0.25) is 5.91 Å². The van der Waals surface area contributed by atoms with Crippen LogP contribution in [-0.2, 0) is 14.3 Å². The number of aliphatic carboxylic acids is 1. The van der Waals surface area contributed by atoms with Crippen LogP contribution in [0.15, 0.2) is 30.3 Å². The van der Waals surface area contributed by atoms with Crippen molar-refractivity contribution < 1.29 is 19.4 Å². The lowest BCUT2D eigenvalue weighted by atomic mass is 9.91. The standard InChI is InChI=1S/C19H26N2O4/c1-3-15(14-7-5-4-6-8-14)17(22)21-16(18(23)24)13-25-19(21)9-11-20(2)12-10-19/h4-8,15-16H,3,9-13H2,1-2H3,(H,23,24)/t15-,16-/m0/s1. The number of benzene rings is 1. The number of amides is 1. The molecule has 3 rings (SSSR count). The Morgan fingerprint density at radius 2 is 1.92 bits per heavy atom. The lowest BCUT2D eigenvalue weighted by Gasteiger charge is -2.44. The number of piperidine rings is 1. The maximum atomic E-state index is 13.4. The van der Waals surface area contributed by atoms with Crippen LogP contribution in [0.5, 0.6) is 0 Å². The number of carbonyl (C=O) groups is 2. The summed E-state index contributed by atoms with van der Waals surface area (Å²) in [4.78, 5) is 28.9. The molecule has 2 fully saturated rings. The van der Waals surface area contributed by atoms with Crippen LogP contribution in [0.3, 0.4) is 0 Å². The van der Waals surface area contributed by atoms with E-state index in [1.807, 2.05) is 44.3 Å². The van der Waals surface area contributed by atoms with E-state index in [2.05, 4.69) is 4.90 Å². The zero-order valence-corrected chi connectivity index (χ0v) is 14.9. The van der Waals surface area contributed by atoms with Gasteiger partial charge in [0.1, 0.15) is 5.72 Å². The summed E-state index contributed by atoms with van der Waals surface area (Å²) in [6.07, 6.45) is 1.91. The largest absolute Gasteiger partial charge is 0.480 e. The number of ether oxygens (including phenoxy) is 1. The van der Waals surface area contributed by atoms with Crippen molar-refractivity contribution in [3.8, 4) is 0 Å². The van der Waals surface area contributed by atoms with Crippen LogP contribution in [0.25, 0.3) is 0 Å². The van der Waals surface area contributed by atoms with Gasteiger partial charge < -0.3 is 14.7 Å². The maximum absolute atomic E-state index is 13.4. The molecular weight excluding hydrogens is 320 g/mol. The Balaban J connectivity index is 1.93. The van der Waals surface area contributed by atoms with Crippen molar-refractivity contribution in [2.75, 3.05) is 26.7 Å². The Labute approximate surface area is 148 Å². The van der Waals surface area contributed by atoms with E-state index in [1.54, 1.807) is 4.90 Å². The van der Waals surface area contributed by atoms with Crippen molar-refractivity contribution in [2.45, 2.75) is 43.9 Å². The first-order chi connectivity index (χ1) is 12.0. The Hall–Kier alpha value is -1.92. The topological polar surface area (TPSA) is 70.1 Å². The van der Waals surface area contributed by atoms with Gasteiger partial charge in [0.15, 0.2) is 6.04 Å². The van der Waals surface area contributed by atoms with E-state index in [1.165, 1.54) is 0 Å². The van der Waals surface area contributed by atoms with Crippen LogP contribution < -0.4 is 0 Å². The zero-order valence-electron chi connectivity index (χ0n) is 14.9. The lowest BCUT2D eigenvalue weighted by molar-refractivity contribution is -0.166. The predicted octanol–water partition coefficient (Wildman–Crippen LogP) is 1.91. The lowest BCUT2D eigenvalue weighted by Crippen LogP contribution is -2.58. The Morgan fingerprint density at radius 3 is 2.48 bits per heavy atom. The fourth-order valence-electron chi connectivity index (χ4n) is 3.96. The van der Waals surface area contributed by atoms with Gasteiger partial charge in [0.05, 0.1) is 12.5 Å². The molecule has 1 aromatic carbocycles. The molecule has 2 aliphatic heterocycles. The third kappa shape index (κ3) is 3.28. The molecule has 2 heterocycles. The highest BCUT2D eigenvalue weighted by Crippen LogP contribution is 2.39. The van der Waals surface area contributed by atoms with Crippen molar-refractivity contribution in [1.82, 2.24) is 9.80 Å². The summed E-state index contributed by atoms with van der Waals surface area (Å²) in [5, 5.41) is 9.64. The van der Waals surface area contributed by atoms with Crippen molar-refractivity contribution >= 4 is 11.9 Å². The van der Waals surface area contributed by atoms with E-state index in [0.717, 1.165) is 18.7 Å². The van der Waals surface area contributed by atoms with Crippen LogP contribution in [0, 0.1) is 0 Å². The summed E-state index contributed by atoms with van der Waals surface area (Å²) in [6, 6.07) is 8.68. The van der Waals surface area contributed by atoms with Crippen molar-refractivity contribution in [1.29, 1.82) is 0 Å². The summed E-state index contributed by atoms with van der Waals surface area (Å²) in [6.45, 7) is 3.61. The zero-order chi connectivity index (χ0) is 18.0. The monoisotopic (exact) mass is 346 g/mol. The van der Waals surface area contributed by atoms with E-state index < -0.39 is 17.7 Å². The molecule has 6 nitrogen and oxygen atoms in total.